The van der Waals surface area contributed by atoms with Gasteiger partial charge in [-0.05, 0) is 51.4 Å². The summed E-state index contributed by atoms with van der Waals surface area (Å²) in [4.78, 5) is 9.68. The zero-order valence-electron chi connectivity index (χ0n) is 12.6. The molecule has 0 amide bonds. The van der Waals surface area contributed by atoms with Crippen molar-refractivity contribution in [2.45, 2.75) is 58.0 Å². The van der Waals surface area contributed by atoms with Crippen LogP contribution in [0.1, 0.15) is 62.2 Å². The summed E-state index contributed by atoms with van der Waals surface area (Å²) >= 11 is 0. The first-order chi connectivity index (χ1) is 9.83. The van der Waals surface area contributed by atoms with Gasteiger partial charge in [-0.15, -0.1) is 0 Å². The number of hydrogen-bond acceptors (Lipinski definition) is 4. The lowest BCUT2D eigenvalue weighted by molar-refractivity contribution is 0.0771. The third kappa shape index (κ3) is 2.80. The molecule has 1 saturated carbocycles. The molecule has 1 unspecified atom stereocenters. The fourth-order valence-corrected chi connectivity index (χ4v) is 3.14. The molecule has 3 rings (SSSR count). The van der Waals surface area contributed by atoms with Crippen LogP contribution < -0.4 is 5.32 Å². The largest absolute Gasteiger partial charge is 0.373 e. The molecular formula is C16H25N3O. The smallest absolute Gasteiger partial charge is 0.160 e. The standard InChI is InChI=1S/C16H25N3O/c1-3-17-15-12-7-5-4-6-8-13(12)18-16(19-15)14(20-2)11-9-10-11/h11,14H,3-10H2,1-2H3,(H,17,18,19). The average molecular weight is 275 g/mol. The molecule has 2 aliphatic carbocycles. The second kappa shape index (κ2) is 6.08. The van der Waals surface area contributed by atoms with Gasteiger partial charge in [-0.2, -0.15) is 0 Å². The quantitative estimate of drug-likeness (QED) is 0.838. The predicted octanol–water partition coefficient (Wildman–Crippen LogP) is 3.27. The highest BCUT2D eigenvalue weighted by molar-refractivity contribution is 5.47. The second-order valence-corrected chi connectivity index (χ2v) is 5.94. The maximum absolute atomic E-state index is 5.66. The topological polar surface area (TPSA) is 47.0 Å². The SMILES string of the molecule is CCNc1nc(C(OC)C2CC2)nc2c1CCCCC2. The summed E-state index contributed by atoms with van der Waals surface area (Å²) in [6.07, 6.45) is 8.57. The van der Waals surface area contributed by atoms with Crippen LogP contribution in [0.3, 0.4) is 0 Å². The van der Waals surface area contributed by atoms with Gasteiger partial charge in [-0.1, -0.05) is 6.42 Å². The van der Waals surface area contributed by atoms with Crippen molar-refractivity contribution in [3.8, 4) is 0 Å². The van der Waals surface area contributed by atoms with Crippen molar-refractivity contribution in [3.05, 3.63) is 17.1 Å². The van der Waals surface area contributed by atoms with Gasteiger partial charge in [0, 0.05) is 24.9 Å². The molecule has 110 valence electrons. The Bertz CT molecular complexity index is 471. The second-order valence-electron chi connectivity index (χ2n) is 5.94. The van der Waals surface area contributed by atoms with Gasteiger partial charge in [0.2, 0.25) is 0 Å². The molecule has 1 heterocycles. The maximum atomic E-state index is 5.66. The van der Waals surface area contributed by atoms with E-state index in [-0.39, 0.29) is 6.10 Å². The van der Waals surface area contributed by atoms with Gasteiger partial charge in [0.15, 0.2) is 5.82 Å². The van der Waals surface area contributed by atoms with Gasteiger partial charge in [0.05, 0.1) is 0 Å². The number of nitrogens with zero attached hydrogens (tertiary/aromatic N) is 2. The number of fused-ring (bicyclic) bond motifs is 1. The molecule has 1 fully saturated rings. The Morgan fingerprint density at radius 2 is 2.00 bits per heavy atom. The van der Waals surface area contributed by atoms with Crippen LogP contribution in [0, 0.1) is 5.92 Å². The monoisotopic (exact) mass is 275 g/mol. The zero-order chi connectivity index (χ0) is 13.9. The lowest BCUT2D eigenvalue weighted by Crippen LogP contribution is -2.15. The van der Waals surface area contributed by atoms with Crippen LogP contribution in [0.2, 0.25) is 0 Å². The minimum absolute atomic E-state index is 0.0842. The fourth-order valence-electron chi connectivity index (χ4n) is 3.14. The molecule has 0 radical (unpaired) electrons. The Morgan fingerprint density at radius 1 is 1.20 bits per heavy atom. The lowest BCUT2D eigenvalue weighted by Gasteiger charge is -2.18. The summed E-state index contributed by atoms with van der Waals surface area (Å²) in [5.41, 5.74) is 2.60. The summed E-state index contributed by atoms with van der Waals surface area (Å²) in [6.45, 7) is 3.03. The molecule has 0 aliphatic heterocycles. The van der Waals surface area contributed by atoms with Gasteiger partial charge in [0.1, 0.15) is 11.9 Å². The minimum atomic E-state index is 0.0842. The van der Waals surface area contributed by atoms with Crippen molar-refractivity contribution in [2.24, 2.45) is 5.92 Å². The molecule has 0 bridgehead atoms. The first kappa shape index (κ1) is 13.8. The maximum Gasteiger partial charge on any atom is 0.160 e. The number of methoxy groups -OCH3 is 1. The van der Waals surface area contributed by atoms with Gasteiger partial charge in [-0.25, -0.2) is 9.97 Å². The summed E-state index contributed by atoms with van der Waals surface area (Å²) in [5.74, 6) is 2.57. The normalized spacial score (nSPS) is 20.1. The van der Waals surface area contributed by atoms with Crippen molar-refractivity contribution in [1.29, 1.82) is 0 Å². The van der Waals surface area contributed by atoms with Crippen molar-refractivity contribution in [2.75, 3.05) is 19.0 Å². The molecule has 0 saturated heterocycles. The summed E-state index contributed by atoms with van der Waals surface area (Å²) in [7, 11) is 1.78. The Labute approximate surface area is 121 Å². The van der Waals surface area contributed by atoms with E-state index in [1.54, 1.807) is 7.11 Å². The third-order valence-corrected chi connectivity index (χ3v) is 4.35. The van der Waals surface area contributed by atoms with Crippen LogP contribution in [-0.2, 0) is 17.6 Å². The summed E-state index contributed by atoms with van der Waals surface area (Å²) in [6, 6.07) is 0. The van der Waals surface area contributed by atoms with Gasteiger partial charge in [-0.3, -0.25) is 0 Å². The van der Waals surface area contributed by atoms with E-state index >= 15 is 0 Å². The minimum Gasteiger partial charge on any atom is -0.373 e. The Morgan fingerprint density at radius 3 is 2.70 bits per heavy atom. The molecule has 4 heteroatoms. The van der Waals surface area contributed by atoms with Crippen LogP contribution in [0.4, 0.5) is 5.82 Å². The van der Waals surface area contributed by atoms with Crippen LogP contribution in [0.25, 0.3) is 0 Å². The van der Waals surface area contributed by atoms with Crippen molar-refractivity contribution in [1.82, 2.24) is 9.97 Å². The first-order valence-electron chi connectivity index (χ1n) is 7.99. The van der Waals surface area contributed by atoms with Gasteiger partial charge < -0.3 is 10.1 Å². The summed E-state index contributed by atoms with van der Waals surface area (Å²) in [5, 5.41) is 3.44. The predicted molar refractivity (Wildman–Crippen MR) is 79.9 cm³/mol. The average Bonchev–Trinajstić information content (AvgIpc) is 3.26. The Hall–Kier alpha value is -1.16. The molecule has 2 aliphatic rings. The molecule has 0 aromatic carbocycles. The third-order valence-electron chi connectivity index (χ3n) is 4.35. The number of nitrogens with one attached hydrogen (secondary N) is 1. The van der Waals surface area contributed by atoms with Crippen LogP contribution >= 0.6 is 0 Å². The van der Waals surface area contributed by atoms with E-state index in [1.807, 2.05) is 0 Å². The van der Waals surface area contributed by atoms with E-state index in [0.717, 1.165) is 31.0 Å². The van der Waals surface area contributed by atoms with Crippen molar-refractivity contribution < 1.29 is 4.74 Å². The van der Waals surface area contributed by atoms with Crippen LogP contribution in [-0.4, -0.2) is 23.6 Å². The highest BCUT2D eigenvalue weighted by atomic mass is 16.5. The van der Waals surface area contributed by atoms with Crippen molar-refractivity contribution >= 4 is 5.82 Å². The Balaban J connectivity index is 1.98. The lowest BCUT2D eigenvalue weighted by atomic mass is 10.1. The summed E-state index contributed by atoms with van der Waals surface area (Å²) < 4.78 is 5.66. The zero-order valence-corrected chi connectivity index (χ0v) is 12.6. The molecule has 1 atom stereocenters. The number of aromatic nitrogens is 2. The van der Waals surface area contributed by atoms with Crippen LogP contribution in [0.15, 0.2) is 0 Å². The highest BCUT2D eigenvalue weighted by Gasteiger charge is 2.35. The van der Waals surface area contributed by atoms with Gasteiger partial charge >= 0.3 is 0 Å². The van der Waals surface area contributed by atoms with Crippen LogP contribution in [0.5, 0.6) is 0 Å². The molecule has 4 nitrogen and oxygen atoms in total. The van der Waals surface area contributed by atoms with E-state index in [4.69, 9.17) is 14.7 Å². The van der Waals surface area contributed by atoms with E-state index in [9.17, 15) is 0 Å². The van der Waals surface area contributed by atoms with E-state index in [1.165, 1.54) is 43.4 Å². The molecule has 20 heavy (non-hydrogen) atoms. The number of anilines is 1. The van der Waals surface area contributed by atoms with E-state index in [2.05, 4.69) is 12.2 Å². The number of rotatable bonds is 5. The molecule has 1 N–H and O–H groups in total. The Kier molecular flexibility index (Phi) is 4.20. The molecule has 0 spiro atoms. The van der Waals surface area contributed by atoms with E-state index < -0.39 is 0 Å². The number of hydrogen-bond donors (Lipinski definition) is 1. The number of ether oxygens (including phenoxy) is 1. The fraction of sp³-hybridized carbons (Fsp3) is 0.750. The van der Waals surface area contributed by atoms with Gasteiger partial charge in [0.25, 0.3) is 0 Å². The number of aryl methyl sites for hydroxylation is 1. The molecule has 1 aromatic heterocycles. The van der Waals surface area contributed by atoms with Crippen molar-refractivity contribution in [3.63, 3.8) is 0 Å². The molecule has 1 aromatic rings. The highest BCUT2D eigenvalue weighted by Crippen LogP contribution is 2.42. The first-order valence-corrected chi connectivity index (χ1v) is 7.99. The van der Waals surface area contributed by atoms with E-state index in [0.29, 0.717) is 5.92 Å². The molecular weight excluding hydrogens is 250 g/mol.